The number of fused-ring (bicyclic) bond motifs is 3. The van der Waals surface area contributed by atoms with E-state index in [4.69, 9.17) is 4.74 Å². The number of carbonyl (C=O) groups is 2. The van der Waals surface area contributed by atoms with Gasteiger partial charge in [0.05, 0.1) is 6.04 Å². The number of aromatic nitrogens is 1. The highest BCUT2D eigenvalue weighted by molar-refractivity contribution is 5.89. The normalized spacial score (nSPS) is 22.6. The zero-order valence-corrected chi connectivity index (χ0v) is 23.3. The lowest BCUT2D eigenvalue weighted by atomic mass is 9.80. The summed E-state index contributed by atoms with van der Waals surface area (Å²) in [6.07, 6.45) is 5.36. The number of ether oxygens (including phenoxy) is 1. The fourth-order valence-electron chi connectivity index (χ4n) is 6.20. The van der Waals surface area contributed by atoms with Crippen molar-refractivity contribution >= 4 is 22.9 Å². The van der Waals surface area contributed by atoms with Gasteiger partial charge in [0.25, 0.3) is 0 Å². The fourth-order valence-corrected chi connectivity index (χ4v) is 6.20. The first kappa shape index (κ1) is 26.6. The molecule has 4 rings (SSSR count). The highest BCUT2D eigenvalue weighted by Gasteiger charge is 2.38. The number of aryl methyl sites for hydroxylation is 1. The van der Waals surface area contributed by atoms with Gasteiger partial charge >= 0.3 is 6.09 Å². The van der Waals surface area contributed by atoms with Crippen LogP contribution < -0.4 is 0 Å². The number of nitrogens with one attached hydrogen (secondary N) is 1. The Labute approximate surface area is 216 Å². The van der Waals surface area contributed by atoms with Gasteiger partial charge in [-0.15, -0.1) is 0 Å². The van der Waals surface area contributed by atoms with Crippen molar-refractivity contribution in [3.63, 3.8) is 0 Å². The van der Waals surface area contributed by atoms with E-state index in [-0.39, 0.29) is 18.1 Å². The smallest absolute Gasteiger partial charge is 0.410 e. The van der Waals surface area contributed by atoms with Crippen LogP contribution in [0, 0.1) is 24.7 Å². The summed E-state index contributed by atoms with van der Waals surface area (Å²) in [6, 6.07) is 6.57. The lowest BCUT2D eigenvalue weighted by molar-refractivity contribution is -0.140. The number of aromatic amines is 1. The Bertz CT molecular complexity index is 1090. The average molecular weight is 496 g/mol. The Morgan fingerprint density at radius 3 is 2.50 bits per heavy atom. The molecule has 198 valence electrons. The van der Waals surface area contributed by atoms with Gasteiger partial charge in [0.1, 0.15) is 5.60 Å². The summed E-state index contributed by atoms with van der Waals surface area (Å²) in [4.78, 5) is 33.8. The topological polar surface area (TPSA) is 65.6 Å². The monoisotopic (exact) mass is 495 g/mol. The van der Waals surface area contributed by atoms with Crippen molar-refractivity contribution in [3.8, 4) is 0 Å². The Kier molecular flexibility index (Phi) is 7.72. The Morgan fingerprint density at radius 1 is 1.17 bits per heavy atom. The molecular weight excluding hydrogens is 450 g/mol. The summed E-state index contributed by atoms with van der Waals surface area (Å²) < 4.78 is 5.50. The average Bonchev–Trinajstić information content (AvgIpc) is 3.18. The minimum absolute atomic E-state index is 0.0791. The van der Waals surface area contributed by atoms with Crippen LogP contribution in [0.1, 0.15) is 89.6 Å². The van der Waals surface area contributed by atoms with Gasteiger partial charge in [-0.05, 0) is 95.2 Å². The second-order valence-corrected chi connectivity index (χ2v) is 12.5. The highest BCUT2D eigenvalue weighted by atomic mass is 16.6. The van der Waals surface area contributed by atoms with Crippen LogP contribution in [0.25, 0.3) is 10.9 Å². The lowest BCUT2D eigenvalue weighted by Gasteiger charge is -2.40. The second kappa shape index (κ2) is 10.5. The maximum atomic E-state index is 13.9. The summed E-state index contributed by atoms with van der Waals surface area (Å²) in [5.74, 6) is 1.32. The predicted molar refractivity (Wildman–Crippen MR) is 145 cm³/mol. The number of benzene rings is 1. The van der Waals surface area contributed by atoms with Gasteiger partial charge < -0.3 is 19.5 Å². The zero-order valence-electron chi connectivity index (χ0n) is 23.3. The van der Waals surface area contributed by atoms with Crippen LogP contribution in [-0.2, 0) is 16.0 Å². The van der Waals surface area contributed by atoms with E-state index in [2.05, 4.69) is 48.9 Å². The molecule has 1 saturated carbocycles. The molecule has 0 spiro atoms. The van der Waals surface area contributed by atoms with Crippen molar-refractivity contribution in [2.45, 2.75) is 91.7 Å². The molecule has 0 saturated heterocycles. The summed E-state index contributed by atoms with van der Waals surface area (Å²) in [5.41, 5.74) is 4.67. The first-order chi connectivity index (χ1) is 16.9. The predicted octanol–water partition coefficient (Wildman–Crippen LogP) is 6.62. The molecule has 1 aliphatic heterocycles. The van der Waals surface area contributed by atoms with Crippen molar-refractivity contribution in [2.75, 3.05) is 20.1 Å². The van der Waals surface area contributed by atoms with Crippen LogP contribution in [0.4, 0.5) is 4.79 Å². The van der Waals surface area contributed by atoms with Crippen LogP contribution in [0.3, 0.4) is 0 Å². The van der Waals surface area contributed by atoms with Gasteiger partial charge in [0, 0.05) is 42.7 Å². The molecule has 2 aromatic rings. The van der Waals surface area contributed by atoms with Gasteiger partial charge in [-0.3, -0.25) is 4.79 Å². The molecule has 6 heteroatoms. The minimum atomic E-state index is -0.486. The number of hydrogen-bond acceptors (Lipinski definition) is 3. The van der Waals surface area contributed by atoms with E-state index >= 15 is 0 Å². The van der Waals surface area contributed by atoms with Gasteiger partial charge in [-0.25, -0.2) is 4.79 Å². The molecule has 1 fully saturated rings. The van der Waals surface area contributed by atoms with Crippen molar-refractivity contribution < 1.29 is 14.3 Å². The maximum absolute atomic E-state index is 13.9. The first-order valence-electron chi connectivity index (χ1n) is 13.8. The zero-order chi connectivity index (χ0) is 26.2. The van der Waals surface area contributed by atoms with E-state index in [1.165, 1.54) is 27.7 Å². The van der Waals surface area contributed by atoms with E-state index < -0.39 is 5.60 Å². The molecule has 1 atom stereocenters. The third-order valence-electron chi connectivity index (χ3n) is 7.89. The lowest BCUT2D eigenvalue weighted by Crippen LogP contribution is -2.45. The molecule has 0 bridgehead atoms. The van der Waals surface area contributed by atoms with Crippen molar-refractivity contribution in [2.24, 2.45) is 17.8 Å². The van der Waals surface area contributed by atoms with Crippen LogP contribution in [0.5, 0.6) is 0 Å². The number of hydrogen-bond donors (Lipinski definition) is 1. The molecule has 1 aliphatic carbocycles. The highest BCUT2D eigenvalue weighted by Crippen LogP contribution is 2.41. The van der Waals surface area contributed by atoms with Gasteiger partial charge in [0.2, 0.25) is 5.91 Å². The minimum Gasteiger partial charge on any atom is -0.444 e. The van der Waals surface area contributed by atoms with E-state index in [0.29, 0.717) is 24.3 Å². The largest absolute Gasteiger partial charge is 0.444 e. The molecule has 36 heavy (non-hydrogen) atoms. The number of H-pyrrole nitrogens is 1. The van der Waals surface area contributed by atoms with Crippen molar-refractivity contribution in [3.05, 3.63) is 35.0 Å². The Hall–Kier alpha value is -2.50. The van der Waals surface area contributed by atoms with Crippen LogP contribution in [0.15, 0.2) is 18.2 Å². The molecule has 0 radical (unpaired) electrons. The fraction of sp³-hybridized carbons (Fsp3) is 0.667. The number of nitrogens with zero attached hydrogens (tertiary/aromatic N) is 2. The summed E-state index contributed by atoms with van der Waals surface area (Å²) in [6.45, 7) is 13.8. The maximum Gasteiger partial charge on any atom is 0.410 e. The molecular formula is C30H45N3O3. The Morgan fingerprint density at radius 2 is 1.86 bits per heavy atom. The standard InChI is InChI=1S/C30H45N3O3/c1-19(2)17-25-27-23(26-20(3)9-8-10-24(26)31-27)15-16-33(25)28(34)22-13-11-21(12-14-22)18-32(7)29(35)36-30(4,5)6/h8-10,19,21-22,25,31H,11-18H2,1-7H3/t21-,22-,25?. The summed E-state index contributed by atoms with van der Waals surface area (Å²) in [7, 11) is 1.81. The van der Waals surface area contributed by atoms with Gasteiger partial charge in [-0.1, -0.05) is 26.0 Å². The quantitative estimate of drug-likeness (QED) is 0.507. The molecule has 6 nitrogen and oxygen atoms in total. The first-order valence-corrected chi connectivity index (χ1v) is 13.8. The number of carbonyl (C=O) groups excluding carboxylic acids is 2. The SMILES string of the molecule is Cc1cccc2[nH]c3c(c12)CCN(C(=O)[C@H]1CC[C@H](CN(C)C(=O)OC(C)(C)C)CC1)C3CC(C)C. The van der Waals surface area contributed by atoms with E-state index in [1.807, 2.05) is 27.8 Å². The van der Waals surface area contributed by atoms with E-state index in [9.17, 15) is 9.59 Å². The molecule has 1 aromatic carbocycles. The van der Waals surface area contributed by atoms with Crippen molar-refractivity contribution in [1.29, 1.82) is 0 Å². The molecule has 2 heterocycles. The van der Waals surface area contributed by atoms with Gasteiger partial charge in [0.15, 0.2) is 0 Å². The third-order valence-corrected chi connectivity index (χ3v) is 7.89. The van der Waals surface area contributed by atoms with E-state index in [1.54, 1.807) is 4.90 Å². The molecule has 1 unspecified atom stereocenters. The molecule has 2 amide bonds. The van der Waals surface area contributed by atoms with Crippen molar-refractivity contribution in [1.82, 2.24) is 14.8 Å². The van der Waals surface area contributed by atoms with Crippen LogP contribution >= 0.6 is 0 Å². The summed E-state index contributed by atoms with van der Waals surface area (Å²) >= 11 is 0. The molecule has 2 aliphatic rings. The van der Waals surface area contributed by atoms with Gasteiger partial charge in [-0.2, -0.15) is 0 Å². The Balaban J connectivity index is 1.43. The number of rotatable bonds is 5. The van der Waals surface area contributed by atoms with E-state index in [0.717, 1.165) is 45.1 Å². The van der Waals surface area contributed by atoms with Crippen LogP contribution in [0.2, 0.25) is 0 Å². The van der Waals surface area contributed by atoms with Crippen LogP contribution in [-0.4, -0.2) is 52.5 Å². The third kappa shape index (κ3) is 5.73. The molecule has 1 aromatic heterocycles. The second-order valence-electron chi connectivity index (χ2n) is 12.5. The molecule has 1 N–H and O–H groups in total. The summed E-state index contributed by atoms with van der Waals surface area (Å²) in [5, 5.41) is 1.35. The number of amides is 2.